The van der Waals surface area contributed by atoms with E-state index in [0.29, 0.717) is 12.8 Å². The number of nitrogens with one attached hydrogen (secondary N) is 1. The molecule has 0 aliphatic carbocycles. The zero-order valence-corrected chi connectivity index (χ0v) is 14.6. The lowest BCUT2D eigenvalue weighted by atomic mass is 10.2. The summed E-state index contributed by atoms with van der Waals surface area (Å²) in [5, 5.41) is 5.86. The maximum absolute atomic E-state index is 12.0. The highest BCUT2D eigenvalue weighted by atomic mass is 79.9. The molecule has 4 nitrogen and oxygen atoms in total. The second-order valence-corrected chi connectivity index (χ2v) is 6.78. The number of pyridine rings is 1. The number of aromatic nitrogens is 2. The second kappa shape index (κ2) is 7.48. The smallest absolute Gasteiger partial charge is 0.224 e. The van der Waals surface area contributed by atoms with Crippen LogP contribution in [-0.2, 0) is 11.2 Å². The van der Waals surface area contributed by atoms with Gasteiger partial charge in [0.15, 0.2) is 0 Å². The number of benzene rings is 1. The molecule has 0 aliphatic heterocycles. The summed E-state index contributed by atoms with van der Waals surface area (Å²) in [6, 6.07) is 11.4. The van der Waals surface area contributed by atoms with Gasteiger partial charge in [-0.3, -0.25) is 9.78 Å². The first-order chi connectivity index (χ1) is 11.2. The number of carbonyl (C=O) groups is 1. The van der Waals surface area contributed by atoms with Crippen LogP contribution in [0.1, 0.15) is 11.4 Å². The van der Waals surface area contributed by atoms with Crippen LogP contribution in [0, 0.1) is 0 Å². The molecule has 0 aliphatic rings. The van der Waals surface area contributed by atoms with E-state index in [2.05, 4.69) is 31.2 Å². The van der Waals surface area contributed by atoms with E-state index in [4.69, 9.17) is 0 Å². The predicted molar refractivity (Wildman–Crippen MR) is 96.4 cm³/mol. The van der Waals surface area contributed by atoms with Gasteiger partial charge in [0.2, 0.25) is 5.91 Å². The number of halogens is 1. The molecule has 0 radical (unpaired) electrons. The minimum atomic E-state index is -0.00650. The van der Waals surface area contributed by atoms with Crippen LogP contribution >= 0.6 is 27.3 Å². The Bertz CT molecular complexity index is 787. The van der Waals surface area contributed by atoms with E-state index in [1.807, 2.05) is 41.8 Å². The molecule has 116 valence electrons. The molecule has 3 aromatic rings. The van der Waals surface area contributed by atoms with Crippen LogP contribution < -0.4 is 5.32 Å². The third-order valence-electron chi connectivity index (χ3n) is 3.22. The van der Waals surface area contributed by atoms with Gasteiger partial charge in [0.05, 0.1) is 10.7 Å². The number of hydrogen-bond donors (Lipinski definition) is 1. The Labute approximate surface area is 146 Å². The fraction of sp³-hybridized carbons (Fsp3) is 0.118. The van der Waals surface area contributed by atoms with Crippen molar-refractivity contribution in [2.75, 3.05) is 5.32 Å². The van der Waals surface area contributed by atoms with Gasteiger partial charge in [-0.15, -0.1) is 11.3 Å². The summed E-state index contributed by atoms with van der Waals surface area (Å²) < 4.78 is 0.988. The largest absolute Gasteiger partial charge is 0.326 e. The SMILES string of the molecule is O=C(CCc1nc(-c2ccncc2)cs1)Nc1ccc(Br)cc1. The molecule has 0 saturated carbocycles. The number of aryl methyl sites for hydroxylation is 1. The molecule has 2 heterocycles. The predicted octanol–water partition coefficient (Wildman–Crippen LogP) is 4.54. The Hall–Kier alpha value is -2.05. The molecular formula is C17H14BrN3OS. The second-order valence-electron chi connectivity index (χ2n) is 4.92. The molecule has 1 aromatic carbocycles. The minimum absolute atomic E-state index is 0.00650. The third kappa shape index (κ3) is 4.46. The number of nitrogens with zero attached hydrogens (tertiary/aromatic N) is 2. The summed E-state index contributed by atoms with van der Waals surface area (Å²) in [6.07, 6.45) is 4.55. The van der Waals surface area contributed by atoms with E-state index in [1.165, 1.54) is 0 Å². The molecule has 1 N–H and O–H groups in total. The van der Waals surface area contributed by atoms with Crippen LogP contribution in [0.4, 0.5) is 5.69 Å². The van der Waals surface area contributed by atoms with E-state index in [0.717, 1.165) is 26.4 Å². The maximum atomic E-state index is 12.0. The first kappa shape index (κ1) is 15.8. The van der Waals surface area contributed by atoms with Gasteiger partial charge >= 0.3 is 0 Å². The molecule has 6 heteroatoms. The fourth-order valence-corrected chi connectivity index (χ4v) is 3.13. The molecule has 0 unspecified atom stereocenters. The molecule has 0 spiro atoms. The van der Waals surface area contributed by atoms with Gasteiger partial charge in [-0.25, -0.2) is 4.98 Å². The van der Waals surface area contributed by atoms with Crippen molar-refractivity contribution in [2.24, 2.45) is 0 Å². The molecular weight excluding hydrogens is 374 g/mol. The molecule has 3 rings (SSSR count). The van der Waals surface area contributed by atoms with Gasteiger partial charge in [0.1, 0.15) is 0 Å². The van der Waals surface area contributed by atoms with E-state index in [-0.39, 0.29) is 5.91 Å². The first-order valence-corrected chi connectivity index (χ1v) is 8.78. The monoisotopic (exact) mass is 387 g/mol. The first-order valence-electron chi connectivity index (χ1n) is 7.11. The van der Waals surface area contributed by atoms with Crippen molar-refractivity contribution in [2.45, 2.75) is 12.8 Å². The summed E-state index contributed by atoms with van der Waals surface area (Å²) in [7, 11) is 0. The molecule has 0 bridgehead atoms. The minimum Gasteiger partial charge on any atom is -0.326 e. The van der Waals surface area contributed by atoms with Crippen molar-refractivity contribution in [1.29, 1.82) is 0 Å². The lowest BCUT2D eigenvalue weighted by molar-refractivity contribution is -0.116. The number of hydrogen-bond acceptors (Lipinski definition) is 4. The number of rotatable bonds is 5. The summed E-state index contributed by atoms with van der Waals surface area (Å²) in [4.78, 5) is 20.6. The highest BCUT2D eigenvalue weighted by molar-refractivity contribution is 9.10. The Kier molecular flexibility index (Phi) is 5.15. The Morgan fingerprint density at radius 1 is 1.13 bits per heavy atom. The van der Waals surface area contributed by atoms with Crippen molar-refractivity contribution in [3.8, 4) is 11.3 Å². The lowest BCUT2D eigenvalue weighted by Gasteiger charge is -2.04. The van der Waals surface area contributed by atoms with Gasteiger partial charge in [-0.2, -0.15) is 0 Å². The Morgan fingerprint density at radius 3 is 2.61 bits per heavy atom. The zero-order valence-electron chi connectivity index (χ0n) is 12.2. The highest BCUT2D eigenvalue weighted by Crippen LogP contribution is 2.22. The lowest BCUT2D eigenvalue weighted by Crippen LogP contribution is -2.12. The van der Waals surface area contributed by atoms with Crippen LogP contribution in [0.2, 0.25) is 0 Å². The third-order valence-corrected chi connectivity index (χ3v) is 4.66. The average Bonchev–Trinajstić information content (AvgIpc) is 3.05. The number of thiazole rings is 1. The molecule has 1 amide bonds. The summed E-state index contributed by atoms with van der Waals surface area (Å²) in [6.45, 7) is 0. The summed E-state index contributed by atoms with van der Waals surface area (Å²) >= 11 is 4.95. The van der Waals surface area contributed by atoms with E-state index in [1.54, 1.807) is 23.7 Å². The van der Waals surface area contributed by atoms with Crippen molar-refractivity contribution in [3.63, 3.8) is 0 Å². The Morgan fingerprint density at radius 2 is 1.87 bits per heavy atom. The van der Waals surface area contributed by atoms with Crippen LogP contribution in [-0.4, -0.2) is 15.9 Å². The van der Waals surface area contributed by atoms with Crippen LogP contribution in [0.5, 0.6) is 0 Å². The van der Waals surface area contributed by atoms with Crippen LogP contribution in [0.25, 0.3) is 11.3 Å². The van der Waals surface area contributed by atoms with Crippen molar-refractivity contribution in [1.82, 2.24) is 9.97 Å². The van der Waals surface area contributed by atoms with Crippen molar-refractivity contribution < 1.29 is 4.79 Å². The van der Waals surface area contributed by atoms with Crippen LogP contribution in [0.15, 0.2) is 58.6 Å². The standard InChI is InChI=1S/C17H14BrN3OS/c18-13-1-3-14(4-2-13)20-16(22)5-6-17-21-15(11-23-17)12-7-9-19-10-8-12/h1-4,7-11H,5-6H2,(H,20,22). The van der Waals surface area contributed by atoms with Gasteiger partial charge in [-0.1, -0.05) is 15.9 Å². The quantitative estimate of drug-likeness (QED) is 0.698. The fourth-order valence-electron chi connectivity index (χ4n) is 2.06. The molecule has 0 atom stereocenters. The number of anilines is 1. The van der Waals surface area contributed by atoms with Gasteiger partial charge < -0.3 is 5.32 Å². The topological polar surface area (TPSA) is 54.9 Å². The van der Waals surface area contributed by atoms with Crippen LogP contribution in [0.3, 0.4) is 0 Å². The molecule has 0 fully saturated rings. The number of amides is 1. The summed E-state index contributed by atoms with van der Waals surface area (Å²) in [5.74, 6) is -0.00650. The zero-order chi connectivity index (χ0) is 16.1. The average molecular weight is 388 g/mol. The van der Waals surface area contributed by atoms with Crippen molar-refractivity contribution in [3.05, 3.63) is 63.7 Å². The van der Waals surface area contributed by atoms with E-state index >= 15 is 0 Å². The molecule has 0 saturated heterocycles. The van der Waals surface area contributed by atoms with E-state index < -0.39 is 0 Å². The maximum Gasteiger partial charge on any atom is 0.224 e. The normalized spacial score (nSPS) is 10.5. The highest BCUT2D eigenvalue weighted by Gasteiger charge is 2.08. The number of carbonyl (C=O) groups excluding carboxylic acids is 1. The van der Waals surface area contributed by atoms with Gasteiger partial charge in [0, 0.05) is 46.3 Å². The van der Waals surface area contributed by atoms with Crippen molar-refractivity contribution >= 4 is 38.9 Å². The van der Waals surface area contributed by atoms with E-state index in [9.17, 15) is 4.79 Å². The Balaban J connectivity index is 1.55. The molecule has 2 aromatic heterocycles. The molecule has 23 heavy (non-hydrogen) atoms. The van der Waals surface area contributed by atoms with Gasteiger partial charge in [0.25, 0.3) is 0 Å². The van der Waals surface area contributed by atoms with Gasteiger partial charge in [-0.05, 0) is 36.4 Å². The summed E-state index contributed by atoms with van der Waals surface area (Å²) in [5.41, 5.74) is 2.78.